The lowest BCUT2D eigenvalue weighted by Crippen LogP contribution is -2.18. The molecule has 2 heterocycles. The summed E-state index contributed by atoms with van der Waals surface area (Å²) in [5, 5.41) is 6.44. The molecule has 0 radical (unpaired) electrons. The van der Waals surface area contributed by atoms with E-state index in [1.54, 1.807) is 0 Å². The van der Waals surface area contributed by atoms with Crippen LogP contribution in [0, 0.1) is 0 Å². The van der Waals surface area contributed by atoms with Crippen molar-refractivity contribution in [1.29, 1.82) is 0 Å². The minimum atomic E-state index is -0.186. The average Bonchev–Trinajstić information content (AvgIpc) is 1.90. The van der Waals surface area contributed by atoms with Gasteiger partial charge in [0.05, 0.1) is 5.69 Å². The molecular weight excluding hydrogens is 1040 g/mol. The molecule has 86 heavy (non-hydrogen) atoms. The van der Waals surface area contributed by atoms with E-state index in [0.717, 1.165) is 88.8 Å². The van der Waals surface area contributed by atoms with Crippen molar-refractivity contribution in [2.75, 3.05) is 9.80 Å². The van der Waals surface area contributed by atoms with Crippen LogP contribution in [-0.4, -0.2) is 0 Å². The van der Waals surface area contributed by atoms with Crippen LogP contribution in [0.1, 0.15) is 99.9 Å². The number of furan rings is 2. The molecule has 0 amide bonds. The average molecular weight is 1110 g/mol. The van der Waals surface area contributed by atoms with Crippen LogP contribution in [0.25, 0.3) is 99.2 Å². The van der Waals surface area contributed by atoms with Crippen molar-refractivity contribution in [2.45, 2.75) is 77.0 Å². The van der Waals surface area contributed by atoms with Gasteiger partial charge in [0.2, 0.25) is 0 Å². The van der Waals surface area contributed by atoms with E-state index in [1.807, 2.05) is 0 Å². The third-order valence-corrected chi connectivity index (χ3v) is 20.8. The number of nitrogens with zero attached hydrogens (tertiary/aromatic N) is 2. The van der Waals surface area contributed by atoms with Gasteiger partial charge in [-0.05, 0) is 167 Å². The Balaban J connectivity index is 0.819. The lowest BCUT2D eigenvalue weighted by molar-refractivity contribution is 0.633. The van der Waals surface area contributed by atoms with Crippen molar-refractivity contribution in [3.8, 4) is 44.5 Å². The lowest BCUT2D eigenvalue weighted by Gasteiger charge is -2.30. The normalized spacial score (nSPS) is 15.6. The van der Waals surface area contributed by atoms with Crippen LogP contribution in [-0.2, 0) is 21.7 Å². The molecule has 0 spiro atoms. The first-order valence-electron chi connectivity index (χ1n) is 30.5. The topological polar surface area (TPSA) is 32.8 Å². The molecule has 4 nitrogen and oxygen atoms in total. The fourth-order valence-electron chi connectivity index (χ4n) is 16.4. The summed E-state index contributed by atoms with van der Waals surface area (Å²) in [6.07, 6.45) is 0. The van der Waals surface area contributed by atoms with Gasteiger partial charge in [-0.25, -0.2) is 0 Å². The van der Waals surface area contributed by atoms with Gasteiger partial charge < -0.3 is 18.6 Å². The first-order valence-corrected chi connectivity index (χ1v) is 30.5. The van der Waals surface area contributed by atoms with E-state index in [1.165, 1.54) is 89.0 Å². The van der Waals surface area contributed by atoms with Gasteiger partial charge in [-0.1, -0.05) is 201 Å². The second-order valence-electron chi connectivity index (χ2n) is 26.8. The van der Waals surface area contributed by atoms with Crippen LogP contribution in [0.3, 0.4) is 0 Å². The number of hydrogen-bond acceptors (Lipinski definition) is 4. The van der Waals surface area contributed by atoms with Crippen LogP contribution < -0.4 is 9.80 Å². The third kappa shape index (κ3) is 6.48. The Bertz CT molecular complexity index is 5120. The molecule has 0 aliphatic heterocycles. The summed E-state index contributed by atoms with van der Waals surface area (Å²) < 4.78 is 14.6. The number of anilines is 6. The van der Waals surface area contributed by atoms with E-state index >= 15 is 0 Å². The molecule has 4 aliphatic rings. The zero-order chi connectivity index (χ0) is 57.9. The van der Waals surface area contributed by atoms with Gasteiger partial charge in [0, 0.05) is 89.2 Å². The third-order valence-electron chi connectivity index (χ3n) is 20.8. The van der Waals surface area contributed by atoms with E-state index < -0.39 is 0 Å². The minimum absolute atomic E-state index is 0.168. The second-order valence-corrected chi connectivity index (χ2v) is 26.8. The largest absolute Gasteiger partial charge is 0.452 e. The monoisotopic (exact) mass is 1110 g/mol. The molecule has 14 aromatic rings. The fraction of sp³-hybridized carbons (Fsp3) is 0.146. The van der Waals surface area contributed by atoms with Crippen molar-refractivity contribution in [1.82, 2.24) is 0 Å². The Kier molecular flexibility index (Phi) is 9.74. The Morgan fingerprint density at radius 3 is 1.02 bits per heavy atom. The van der Waals surface area contributed by atoms with Gasteiger partial charge in [0.25, 0.3) is 0 Å². The Morgan fingerprint density at radius 1 is 0.244 bits per heavy atom. The molecule has 0 fully saturated rings. The molecule has 4 heteroatoms. The summed E-state index contributed by atoms with van der Waals surface area (Å²) in [6, 6.07) is 86.4. The Labute approximate surface area is 501 Å². The highest BCUT2D eigenvalue weighted by Crippen LogP contribution is 2.57. The molecule has 0 saturated carbocycles. The molecule has 18 rings (SSSR count). The van der Waals surface area contributed by atoms with E-state index in [2.05, 4.69) is 296 Å². The predicted molar refractivity (Wildman–Crippen MR) is 358 cm³/mol. The van der Waals surface area contributed by atoms with Gasteiger partial charge >= 0.3 is 0 Å². The summed E-state index contributed by atoms with van der Waals surface area (Å²) in [7, 11) is 0. The number of rotatable bonds is 6. The van der Waals surface area contributed by atoms with Crippen molar-refractivity contribution < 1.29 is 8.83 Å². The van der Waals surface area contributed by atoms with Crippen molar-refractivity contribution in [2.24, 2.45) is 0 Å². The molecule has 0 unspecified atom stereocenters. The first-order chi connectivity index (χ1) is 41.7. The summed E-state index contributed by atoms with van der Waals surface area (Å²) in [6.45, 7) is 18.9. The Hall–Kier alpha value is -9.90. The van der Waals surface area contributed by atoms with E-state index in [-0.39, 0.29) is 21.7 Å². The lowest BCUT2D eigenvalue weighted by atomic mass is 9.82. The molecule has 412 valence electrons. The Morgan fingerprint density at radius 2 is 0.570 bits per heavy atom. The highest BCUT2D eigenvalue weighted by atomic mass is 16.4. The first kappa shape index (κ1) is 49.5. The molecule has 2 aromatic heterocycles. The second kappa shape index (κ2) is 16.9. The molecule has 0 atom stereocenters. The summed E-state index contributed by atoms with van der Waals surface area (Å²) in [4.78, 5) is 4.92. The quantitative estimate of drug-likeness (QED) is 0.166. The predicted octanol–water partition coefficient (Wildman–Crippen LogP) is 22.8. The summed E-state index contributed by atoms with van der Waals surface area (Å²) in [5.41, 5.74) is 30.1. The van der Waals surface area contributed by atoms with Gasteiger partial charge in [-0.15, -0.1) is 0 Å². The maximum atomic E-state index is 7.33. The van der Waals surface area contributed by atoms with Crippen LogP contribution in [0.4, 0.5) is 34.1 Å². The zero-order valence-corrected chi connectivity index (χ0v) is 49.7. The molecule has 0 N–H and O–H groups in total. The fourth-order valence-corrected chi connectivity index (χ4v) is 16.4. The number of hydrogen-bond donors (Lipinski definition) is 0. The van der Waals surface area contributed by atoms with E-state index in [0.29, 0.717) is 0 Å². The molecule has 0 bridgehead atoms. The zero-order valence-electron chi connectivity index (χ0n) is 49.7. The summed E-state index contributed by atoms with van der Waals surface area (Å²) in [5.74, 6) is 0. The van der Waals surface area contributed by atoms with Gasteiger partial charge in [-0.2, -0.15) is 0 Å². The van der Waals surface area contributed by atoms with Crippen LogP contribution in [0.15, 0.2) is 239 Å². The standard InChI is InChI=1S/C82H62N2O2/c1-79(2)65-25-15-11-19-52(65)56-34-29-47(41-69(56)79)83(48-30-35-57-53-20-12-16-26-66(53)80(3,4)70(57)42-48)51-33-38-61-63-39-40-64-76-62-24-10-9-23-60(62)73(46-75(76)86-78(64)77(63)85-74(61)45-51)84(49-31-36-58-54-21-13-17-27-67(54)81(5,6)71(58)43-49)50-32-37-59-55-22-14-18-28-68(55)82(7,8)72(59)44-50/h9-46H,1-8H3. The van der Waals surface area contributed by atoms with Crippen LogP contribution in [0.5, 0.6) is 0 Å². The SMILES string of the molecule is CC1(C)c2ccccc2-c2ccc(N(c3ccc4c(c3)C(C)(C)c3ccccc3-4)c3ccc4c(c3)oc3c4ccc4c3oc3cc(N(c5ccc6c(c5)C(C)(C)c5ccccc5-6)c5ccc6c(c5)C(C)(C)c5ccccc5-6)c5ccccc5c34)cc21. The maximum Gasteiger partial charge on any atom is 0.178 e. The minimum Gasteiger partial charge on any atom is -0.452 e. The number of fused-ring (bicyclic) bond motifs is 21. The maximum absolute atomic E-state index is 7.33. The van der Waals surface area contributed by atoms with Gasteiger partial charge in [0.1, 0.15) is 11.2 Å². The van der Waals surface area contributed by atoms with Crippen molar-refractivity contribution >= 4 is 88.8 Å². The van der Waals surface area contributed by atoms with Crippen LogP contribution >= 0.6 is 0 Å². The van der Waals surface area contributed by atoms with E-state index in [4.69, 9.17) is 8.83 Å². The van der Waals surface area contributed by atoms with Crippen molar-refractivity contribution in [3.05, 3.63) is 275 Å². The number of benzene rings is 12. The van der Waals surface area contributed by atoms with Gasteiger partial charge in [-0.3, -0.25) is 0 Å². The summed E-state index contributed by atoms with van der Waals surface area (Å²) >= 11 is 0. The van der Waals surface area contributed by atoms with E-state index in [9.17, 15) is 0 Å². The van der Waals surface area contributed by atoms with Crippen LogP contribution in [0.2, 0.25) is 0 Å². The molecular formula is C82H62N2O2. The molecule has 0 saturated heterocycles. The highest BCUT2D eigenvalue weighted by Gasteiger charge is 2.41. The molecule has 4 aliphatic carbocycles. The molecule has 12 aromatic carbocycles. The highest BCUT2D eigenvalue weighted by molar-refractivity contribution is 6.27. The van der Waals surface area contributed by atoms with Crippen molar-refractivity contribution in [3.63, 3.8) is 0 Å². The smallest absolute Gasteiger partial charge is 0.178 e. The van der Waals surface area contributed by atoms with Gasteiger partial charge in [0.15, 0.2) is 11.2 Å².